The van der Waals surface area contributed by atoms with Crippen molar-refractivity contribution in [2.24, 2.45) is 5.41 Å². The first-order chi connectivity index (χ1) is 8.81. The first kappa shape index (κ1) is 15.7. The molecule has 3 heteroatoms. The van der Waals surface area contributed by atoms with E-state index in [1.807, 2.05) is 0 Å². The summed E-state index contributed by atoms with van der Waals surface area (Å²) in [5, 5.41) is 9.05. The van der Waals surface area contributed by atoms with Gasteiger partial charge in [0.1, 0.15) is 0 Å². The second-order valence-electron chi connectivity index (χ2n) is 6.02. The van der Waals surface area contributed by atoms with Crippen LogP contribution in [0.15, 0.2) is 24.3 Å². The average Bonchev–Trinajstić information content (AvgIpc) is 2.31. The lowest BCUT2D eigenvalue weighted by atomic mass is 9.88. The van der Waals surface area contributed by atoms with Gasteiger partial charge in [-0.1, -0.05) is 29.8 Å². The monoisotopic (exact) mass is 263 g/mol. The largest absolute Gasteiger partial charge is 0.481 e. The van der Waals surface area contributed by atoms with Crippen LogP contribution in [0.5, 0.6) is 0 Å². The fourth-order valence-electron chi connectivity index (χ4n) is 1.98. The molecule has 0 unspecified atom stereocenters. The van der Waals surface area contributed by atoms with E-state index in [4.69, 9.17) is 5.11 Å². The molecule has 0 bridgehead atoms. The van der Waals surface area contributed by atoms with Gasteiger partial charge in [0.2, 0.25) is 0 Å². The molecule has 0 aliphatic carbocycles. The van der Waals surface area contributed by atoms with Crippen LogP contribution in [-0.2, 0) is 11.3 Å². The predicted octanol–water partition coefficient (Wildman–Crippen LogP) is 3.32. The van der Waals surface area contributed by atoms with Crippen molar-refractivity contribution in [3.8, 4) is 0 Å². The van der Waals surface area contributed by atoms with Crippen molar-refractivity contribution in [3.05, 3.63) is 35.4 Å². The van der Waals surface area contributed by atoms with E-state index in [1.165, 1.54) is 11.1 Å². The van der Waals surface area contributed by atoms with E-state index in [0.717, 1.165) is 19.5 Å². The standard InChI is InChI=1S/C16H25NO2/c1-13-6-8-14(9-7-13)12-17(4)11-5-10-16(2,3)15(18)19/h6-9H,5,10-12H2,1-4H3,(H,18,19). The number of hydrogen-bond donors (Lipinski definition) is 1. The van der Waals surface area contributed by atoms with Crippen LogP contribution in [-0.4, -0.2) is 29.6 Å². The number of hydrogen-bond acceptors (Lipinski definition) is 2. The molecule has 3 nitrogen and oxygen atoms in total. The Morgan fingerprint density at radius 3 is 2.37 bits per heavy atom. The number of rotatable bonds is 7. The zero-order valence-corrected chi connectivity index (χ0v) is 12.4. The maximum absolute atomic E-state index is 11.0. The average molecular weight is 263 g/mol. The van der Waals surface area contributed by atoms with Gasteiger partial charge in [-0.3, -0.25) is 4.79 Å². The highest BCUT2D eigenvalue weighted by Crippen LogP contribution is 2.22. The Kier molecular flexibility index (Phi) is 5.55. The highest BCUT2D eigenvalue weighted by Gasteiger charge is 2.26. The predicted molar refractivity (Wildman–Crippen MR) is 78.2 cm³/mol. The Balaban J connectivity index is 2.34. The van der Waals surface area contributed by atoms with E-state index in [1.54, 1.807) is 13.8 Å². The minimum absolute atomic E-state index is 0.620. The summed E-state index contributed by atoms with van der Waals surface area (Å²) in [7, 11) is 2.08. The Hall–Kier alpha value is -1.35. The first-order valence-electron chi connectivity index (χ1n) is 6.79. The minimum Gasteiger partial charge on any atom is -0.481 e. The van der Waals surface area contributed by atoms with Crippen LogP contribution in [0.25, 0.3) is 0 Å². The molecule has 0 saturated carbocycles. The van der Waals surface area contributed by atoms with Gasteiger partial charge in [-0.05, 0) is 52.8 Å². The van der Waals surface area contributed by atoms with Gasteiger partial charge in [-0.15, -0.1) is 0 Å². The Labute approximate surface area is 116 Å². The van der Waals surface area contributed by atoms with Gasteiger partial charge in [0.15, 0.2) is 0 Å². The van der Waals surface area contributed by atoms with E-state index in [2.05, 4.69) is 43.1 Å². The topological polar surface area (TPSA) is 40.5 Å². The van der Waals surface area contributed by atoms with Crippen LogP contribution < -0.4 is 0 Å². The van der Waals surface area contributed by atoms with Crippen molar-refractivity contribution in [3.63, 3.8) is 0 Å². The van der Waals surface area contributed by atoms with Crippen LogP contribution in [0.4, 0.5) is 0 Å². The fraction of sp³-hybridized carbons (Fsp3) is 0.562. The lowest BCUT2D eigenvalue weighted by Crippen LogP contribution is -2.26. The van der Waals surface area contributed by atoms with Gasteiger partial charge in [0, 0.05) is 6.54 Å². The lowest BCUT2D eigenvalue weighted by Gasteiger charge is -2.22. The molecule has 0 fully saturated rings. The molecule has 19 heavy (non-hydrogen) atoms. The van der Waals surface area contributed by atoms with Crippen molar-refractivity contribution in [1.82, 2.24) is 4.90 Å². The molecule has 0 atom stereocenters. The maximum atomic E-state index is 11.0. The van der Waals surface area contributed by atoms with Gasteiger partial charge in [-0.2, -0.15) is 0 Å². The molecule has 106 valence electrons. The lowest BCUT2D eigenvalue weighted by molar-refractivity contribution is -0.147. The van der Waals surface area contributed by atoms with E-state index >= 15 is 0 Å². The molecule has 0 aliphatic heterocycles. The molecular weight excluding hydrogens is 238 g/mol. The van der Waals surface area contributed by atoms with Crippen LogP contribution in [0.1, 0.15) is 37.8 Å². The smallest absolute Gasteiger partial charge is 0.309 e. The zero-order chi connectivity index (χ0) is 14.5. The van der Waals surface area contributed by atoms with Gasteiger partial charge >= 0.3 is 5.97 Å². The Morgan fingerprint density at radius 1 is 1.26 bits per heavy atom. The third kappa shape index (κ3) is 5.43. The molecular formula is C16H25NO2. The SMILES string of the molecule is Cc1ccc(CN(C)CCCC(C)(C)C(=O)O)cc1. The maximum Gasteiger partial charge on any atom is 0.309 e. The molecule has 0 radical (unpaired) electrons. The second kappa shape index (κ2) is 6.71. The summed E-state index contributed by atoms with van der Waals surface area (Å²) in [4.78, 5) is 13.2. The highest BCUT2D eigenvalue weighted by molar-refractivity contribution is 5.73. The fourth-order valence-corrected chi connectivity index (χ4v) is 1.98. The summed E-state index contributed by atoms with van der Waals surface area (Å²) in [5.74, 6) is -0.714. The summed E-state index contributed by atoms with van der Waals surface area (Å²) in [6, 6.07) is 8.54. The van der Waals surface area contributed by atoms with Gasteiger partial charge in [0.05, 0.1) is 5.41 Å². The van der Waals surface area contributed by atoms with Crippen molar-refractivity contribution < 1.29 is 9.90 Å². The first-order valence-corrected chi connectivity index (χ1v) is 6.79. The van der Waals surface area contributed by atoms with Crippen LogP contribution in [0.3, 0.4) is 0 Å². The Morgan fingerprint density at radius 2 is 1.84 bits per heavy atom. The molecule has 1 aromatic rings. The second-order valence-corrected chi connectivity index (χ2v) is 6.02. The van der Waals surface area contributed by atoms with Crippen LogP contribution >= 0.6 is 0 Å². The normalized spacial score (nSPS) is 11.8. The molecule has 0 spiro atoms. The van der Waals surface area contributed by atoms with Gasteiger partial charge < -0.3 is 10.0 Å². The quantitative estimate of drug-likeness (QED) is 0.820. The summed E-state index contributed by atoms with van der Waals surface area (Å²) in [6.07, 6.45) is 1.61. The third-order valence-electron chi connectivity index (χ3n) is 3.49. The van der Waals surface area contributed by atoms with Gasteiger partial charge in [-0.25, -0.2) is 0 Å². The van der Waals surface area contributed by atoms with Crippen molar-refractivity contribution in [2.75, 3.05) is 13.6 Å². The number of carboxylic acid groups (broad SMARTS) is 1. The van der Waals surface area contributed by atoms with E-state index < -0.39 is 11.4 Å². The third-order valence-corrected chi connectivity index (χ3v) is 3.49. The number of nitrogens with zero attached hydrogens (tertiary/aromatic N) is 1. The van der Waals surface area contributed by atoms with E-state index in [0.29, 0.717) is 6.42 Å². The van der Waals surface area contributed by atoms with E-state index in [-0.39, 0.29) is 0 Å². The molecule has 1 aromatic carbocycles. The van der Waals surface area contributed by atoms with Crippen molar-refractivity contribution >= 4 is 5.97 Å². The zero-order valence-electron chi connectivity index (χ0n) is 12.4. The molecule has 0 heterocycles. The summed E-state index contributed by atoms with van der Waals surface area (Å²) in [6.45, 7) is 7.49. The summed E-state index contributed by atoms with van der Waals surface area (Å²) < 4.78 is 0. The molecule has 0 amide bonds. The number of benzene rings is 1. The molecule has 1 N–H and O–H groups in total. The van der Waals surface area contributed by atoms with Gasteiger partial charge in [0.25, 0.3) is 0 Å². The summed E-state index contributed by atoms with van der Waals surface area (Å²) >= 11 is 0. The van der Waals surface area contributed by atoms with Crippen LogP contribution in [0, 0.1) is 12.3 Å². The summed E-state index contributed by atoms with van der Waals surface area (Å²) in [5.41, 5.74) is 1.95. The minimum atomic E-state index is -0.714. The molecule has 0 aliphatic rings. The number of carbonyl (C=O) groups is 1. The Bertz CT molecular complexity index is 409. The van der Waals surface area contributed by atoms with Crippen molar-refractivity contribution in [2.45, 2.75) is 40.2 Å². The molecule has 0 aromatic heterocycles. The van der Waals surface area contributed by atoms with E-state index in [9.17, 15) is 4.79 Å². The number of aliphatic carboxylic acids is 1. The molecule has 1 rings (SSSR count). The number of carboxylic acids is 1. The van der Waals surface area contributed by atoms with Crippen LogP contribution in [0.2, 0.25) is 0 Å². The number of aryl methyl sites for hydroxylation is 1. The molecule has 0 saturated heterocycles. The van der Waals surface area contributed by atoms with Crippen molar-refractivity contribution in [1.29, 1.82) is 0 Å². The highest BCUT2D eigenvalue weighted by atomic mass is 16.4.